The Hall–Kier alpha value is -1.58. The van der Waals surface area contributed by atoms with Gasteiger partial charge in [-0.1, -0.05) is 0 Å². The first-order chi connectivity index (χ1) is 8.99. The topological polar surface area (TPSA) is 92.5 Å². The molecule has 0 aromatic carbocycles. The molecule has 19 heavy (non-hydrogen) atoms. The van der Waals surface area contributed by atoms with Crippen molar-refractivity contribution in [2.45, 2.75) is 12.8 Å². The van der Waals surface area contributed by atoms with Gasteiger partial charge in [0.2, 0.25) is 0 Å². The zero-order valence-electron chi connectivity index (χ0n) is 10.8. The highest BCUT2D eigenvalue weighted by atomic mass is 32.2. The largest absolute Gasteiger partial charge is 0.278 e. The first-order valence-electron chi connectivity index (χ1n) is 5.80. The highest BCUT2D eigenvalue weighted by Crippen LogP contribution is 2.02. The van der Waals surface area contributed by atoms with Crippen LogP contribution in [0.15, 0.2) is 18.7 Å². The number of hydrogen-bond donors (Lipinski definition) is 1. The van der Waals surface area contributed by atoms with E-state index in [0.717, 1.165) is 16.3 Å². The minimum Gasteiger partial charge on any atom is -0.219 e. The fourth-order valence-corrected chi connectivity index (χ4v) is 2.17. The zero-order chi connectivity index (χ0) is 13.9. The summed E-state index contributed by atoms with van der Waals surface area (Å²) >= 11 is 0. The maximum absolute atomic E-state index is 11.5. The van der Waals surface area contributed by atoms with Gasteiger partial charge in [-0.05, 0) is 18.4 Å². The molecule has 0 saturated heterocycles. The van der Waals surface area contributed by atoms with E-state index in [4.69, 9.17) is 0 Å². The fraction of sp³-hybridized carbons (Fsp3) is 0.500. The zero-order valence-corrected chi connectivity index (χ0v) is 11.6. The van der Waals surface area contributed by atoms with Crippen LogP contribution < -0.4 is 4.72 Å². The molecule has 0 radical (unpaired) electrons. The molecule has 0 spiro atoms. The molecule has 2 rings (SSSR count). The Morgan fingerprint density at radius 1 is 1.37 bits per heavy atom. The van der Waals surface area contributed by atoms with Crippen molar-refractivity contribution in [3.8, 4) is 0 Å². The highest BCUT2D eigenvalue weighted by Gasteiger charge is 2.11. The van der Waals surface area contributed by atoms with E-state index in [-0.39, 0.29) is 0 Å². The number of hydrogen-bond acceptors (Lipinski definition) is 5. The first-order valence-corrected chi connectivity index (χ1v) is 7.24. The minimum atomic E-state index is -3.34. The van der Waals surface area contributed by atoms with Gasteiger partial charge in [-0.25, -0.2) is 14.2 Å². The van der Waals surface area contributed by atoms with Crippen molar-refractivity contribution in [3.63, 3.8) is 0 Å². The molecule has 0 fully saturated rings. The molecule has 8 nitrogen and oxygen atoms in total. The number of aryl methyl sites for hydroxylation is 1. The average Bonchev–Trinajstić information content (AvgIpc) is 2.81. The quantitative estimate of drug-likeness (QED) is 0.719. The Balaban J connectivity index is 1.86. The van der Waals surface area contributed by atoms with E-state index in [1.165, 1.54) is 20.4 Å². The van der Waals surface area contributed by atoms with Crippen molar-refractivity contribution in [1.29, 1.82) is 0 Å². The third kappa shape index (κ3) is 3.46. The third-order valence-electron chi connectivity index (χ3n) is 2.60. The van der Waals surface area contributed by atoms with Crippen LogP contribution >= 0.6 is 0 Å². The van der Waals surface area contributed by atoms with Crippen LogP contribution in [0, 0.1) is 0 Å². The molecule has 0 aliphatic rings. The van der Waals surface area contributed by atoms with E-state index in [2.05, 4.69) is 19.8 Å². The molecule has 9 heteroatoms. The molecule has 0 amide bonds. The average molecular weight is 284 g/mol. The van der Waals surface area contributed by atoms with E-state index in [0.29, 0.717) is 18.7 Å². The molecule has 1 N–H and O–H groups in total. The van der Waals surface area contributed by atoms with Crippen LogP contribution in [0.25, 0.3) is 5.78 Å². The molecule has 0 unspecified atom stereocenters. The van der Waals surface area contributed by atoms with E-state index in [9.17, 15) is 8.42 Å². The molecule has 0 atom stereocenters. The summed E-state index contributed by atoms with van der Waals surface area (Å²) in [6.07, 6.45) is 6.42. The lowest BCUT2D eigenvalue weighted by Gasteiger charge is -2.11. The van der Waals surface area contributed by atoms with E-state index >= 15 is 0 Å². The molecular weight excluding hydrogens is 268 g/mol. The molecule has 0 saturated carbocycles. The van der Waals surface area contributed by atoms with E-state index in [1.807, 2.05) is 6.20 Å². The lowest BCUT2D eigenvalue weighted by molar-refractivity contribution is 0.504. The Morgan fingerprint density at radius 2 is 2.16 bits per heavy atom. The van der Waals surface area contributed by atoms with Gasteiger partial charge in [0.1, 0.15) is 6.33 Å². The summed E-state index contributed by atoms with van der Waals surface area (Å²) in [6.45, 7) is 0.385. The monoisotopic (exact) mass is 284 g/mol. The number of nitrogens with zero attached hydrogens (tertiary/aromatic N) is 5. The second-order valence-electron chi connectivity index (χ2n) is 4.25. The minimum absolute atomic E-state index is 0.385. The first kappa shape index (κ1) is 13.8. The third-order valence-corrected chi connectivity index (χ3v) is 4.13. The maximum atomic E-state index is 11.5. The second-order valence-corrected chi connectivity index (χ2v) is 6.22. The summed E-state index contributed by atoms with van der Waals surface area (Å²) in [5.41, 5.74) is 0.988. The Kier molecular flexibility index (Phi) is 4.08. The number of rotatable bonds is 6. The van der Waals surface area contributed by atoms with E-state index < -0.39 is 10.2 Å². The second kappa shape index (κ2) is 5.59. The Bertz CT molecular complexity index is 651. The lowest BCUT2D eigenvalue weighted by atomic mass is 10.2. The van der Waals surface area contributed by atoms with Gasteiger partial charge in [0.25, 0.3) is 16.0 Å². The van der Waals surface area contributed by atoms with Crippen molar-refractivity contribution in [2.24, 2.45) is 0 Å². The van der Waals surface area contributed by atoms with Crippen LogP contribution in [0.2, 0.25) is 0 Å². The van der Waals surface area contributed by atoms with Crippen molar-refractivity contribution < 1.29 is 8.42 Å². The van der Waals surface area contributed by atoms with Crippen molar-refractivity contribution >= 4 is 16.0 Å². The van der Waals surface area contributed by atoms with Crippen molar-refractivity contribution in [3.05, 3.63) is 24.3 Å². The highest BCUT2D eigenvalue weighted by molar-refractivity contribution is 7.87. The van der Waals surface area contributed by atoms with Gasteiger partial charge in [0.15, 0.2) is 0 Å². The summed E-state index contributed by atoms with van der Waals surface area (Å²) in [6, 6.07) is 0. The number of fused-ring (bicyclic) bond motifs is 1. The van der Waals surface area contributed by atoms with Crippen molar-refractivity contribution in [2.75, 3.05) is 20.6 Å². The summed E-state index contributed by atoms with van der Waals surface area (Å²) in [5.74, 6) is 0.553. The molecule has 2 aromatic rings. The van der Waals surface area contributed by atoms with Gasteiger partial charge in [0, 0.05) is 33.0 Å². The standard InChI is InChI=1S/C10H16N6O2S/c1-15(2)19(17,18)14-5-3-4-9-6-11-10-12-8-13-16(10)7-9/h6-8,14H,3-5H2,1-2H3. The molecule has 2 heterocycles. The van der Waals surface area contributed by atoms with Crippen LogP contribution in [-0.4, -0.2) is 52.9 Å². The Morgan fingerprint density at radius 3 is 2.89 bits per heavy atom. The smallest absolute Gasteiger partial charge is 0.219 e. The summed E-state index contributed by atoms with van der Waals surface area (Å²) < 4.78 is 28.2. The summed E-state index contributed by atoms with van der Waals surface area (Å²) in [5, 5.41) is 3.99. The van der Waals surface area contributed by atoms with Crippen LogP contribution in [0.1, 0.15) is 12.0 Å². The molecule has 104 valence electrons. The lowest BCUT2D eigenvalue weighted by Crippen LogP contribution is -2.36. The van der Waals surface area contributed by atoms with Crippen LogP contribution in [0.5, 0.6) is 0 Å². The molecular formula is C10H16N6O2S. The van der Waals surface area contributed by atoms with Crippen LogP contribution in [-0.2, 0) is 16.6 Å². The molecule has 0 aliphatic heterocycles. The van der Waals surface area contributed by atoms with Gasteiger partial charge in [-0.3, -0.25) is 0 Å². The SMILES string of the molecule is CN(C)S(=O)(=O)NCCCc1cnc2ncnn2c1. The van der Waals surface area contributed by atoms with Gasteiger partial charge < -0.3 is 0 Å². The van der Waals surface area contributed by atoms with Gasteiger partial charge >= 0.3 is 0 Å². The molecule has 0 bridgehead atoms. The van der Waals surface area contributed by atoms with Crippen molar-refractivity contribution in [1.82, 2.24) is 28.6 Å². The van der Waals surface area contributed by atoms with E-state index in [1.54, 1.807) is 10.7 Å². The number of aromatic nitrogens is 4. The fourth-order valence-electron chi connectivity index (χ4n) is 1.51. The molecule has 2 aromatic heterocycles. The summed E-state index contributed by atoms with van der Waals surface area (Å²) in [7, 11) is -0.356. The number of nitrogens with one attached hydrogen (secondary N) is 1. The predicted molar refractivity (Wildman–Crippen MR) is 69.7 cm³/mol. The normalized spacial score (nSPS) is 12.4. The predicted octanol–water partition coefficient (Wildman–Crippen LogP) is -0.547. The van der Waals surface area contributed by atoms with Gasteiger partial charge in [0.05, 0.1) is 0 Å². The van der Waals surface area contributed by atoms with Crippen LogP contribution in [0.3, 0.4) is 0 Å². The maximum Gasteiger partial charge on any atom is 0.278 e. The Labute approximate surface area is 111 Å². The van der Waals surface area contributed by atoms with Crippen LogP contribution in [0.4, 0.5) is 0 Å². The summed E-state index contributed by atoms with van der Waals surface area (Å²) in [4.78, 5) is 8.09. The van der Waals surface area contributed by atoms with Gasteiger partial charge in [-0.2, -0.15) is 22.8 Å². The molecule has 0 aliphatic carbocycles. The van der Waals surface area contributed by atoms with Gasteiger partial charge in [-0.15, -0.1) is 0 Å².